The molecule has 0 aromatic heterocycles. The van der Waals surface area contributed by atoms with Crippen molar-refractivity contribution in [3.8, 4) is 0 Å². The van der Waals surface area contributed by atoms with Gasteiger partial charge in [0.15, 0.2) is 0 Å². The third-order valence-corrected chi connectivity index (χ3v) is 3.31. The maximum Gasteiger partial charge on any atom is 0.143 e. The number of nitrogens with zero attached hydrogens (tertiary/aromatic N) is 1. The lowest BCUT2D eigenvalue weighted by Gasteiger charge is -2.17. The van der Waals surface area contributed by atoms with Gasteiger partial charge in [-0.15, -0.1) is 0 Å². The van der Waals surface area contributed by atoms with E-state index in [1.165, 1.54) is 25.7 Å². The van der Waals surface area contributed by atoms with Gasteiger partial charge in [-0.3, -0.25) is 0 Å². The van der Waals surface area contributed by atoms with E-state index in [0.717, 1.165) is 13.1 Å². The molecule has 88 valence electrons. The van der Waals surface area contributed by atoms with E-state index in [2.05, 4.69) is 17.4 Å². The Kier molecular flexibility index (Phi) is 4.39. The molecule has 4 heteroatoms. The van der Waals surface area contributed by atoms with Gasteiger partial charge < -0.3 is 16.3 Å². The summed E-state index contributed by atoms with van der Waals surface area (Å²) in [5.74, 6) is 0.412. The Labute approximate surface area is 91.9 Å². The fourth-order valence-corrected chi connectivity index (χ4v) is 1.98. The fourth-order valence-electron chi connectivity index (χ4n) is 1.98. The summed E-state index contributed by atoms with van der Waals surface area (Å²) in [6.45, 7) is 6.06. The first-order valence-electron chi connectivity index (χ1n) is 5.81. The number of oxime groups is 1. The van der Waals surface area contributed by atoms with Gasteiger partial charge in [0, 0.05) is 19.0 Å². The summed E-state index contributed by atoms with van der Waals surface area (Å²) >= 11 is 0. The highest BCUT2D eigenvalue weighted by Crippen LogP contribution is 2.48. The van der Waals surface area contributed by atoms with Gasteiger partial charge in [0.05, 0.1) is 0 Å². The molecular formula is C11H23N3O. The molecule has 1 aliphatic rings. The molecule has 4 nitrogen and oxygen atoms in total. The van der Waals surface area contributed by atoms with Crippen LogP contribution in [-0.4, -0.2) is 24.1 Å². The Morgan fingerprint density at radius 1 is 1.60 bits per heavy atom. The van der Waals surface area contributed by atoms with E-state index in [0.29, 0.717) is 11.3 Å². The van der Waals surface area contributed by atoms with Gasteiger partial charge in [0.25, 0.3) is 0 Å². The van der Waals surface area contributed by atoms with Crippen LogP contribution in [0.15, 0.2) is 5.16 Å². The van der Waals surface area contributed by atoms with Crippen molar-refractivity contribution >= 4 is 5.84 Å². The summed E-state index contributed by atoms with van der Waals surface area (Å²) in [7, 11) is 0. The first-order chi connectivity index (χ1) is 7.13. The highest BCUT2D eigenvalue weighted by Gasteiger charge is 2.40. The molecule has 1 rings (SSSR count). The molecule has 0 radical (unpaired) electrons. The molecule has 0 saturated heterocycles. The highest BCUT2D eigenvalue weighted by molar-refractivity contribution is 5.82. The molecule has 1 atom stereocenters. The SMILES string of the molecule is CCCC1(CNCC(C)C(N)=NO)CC1. The number of nitrogens with two attached hydrogens (primary N) is 1. The van der Waals surface area contributed by atoms with Crippen molar-refractivity contribution in [3.05, 3.63) is 0 Å². The predicted octanol–water partition coefficient (Wildman–Crippen LogP) is 1.54. The second kappa shape index (κ2) is 5.35. The number of nitrogens with one attached hydrogen (secondary N) is 1. The first-order valence-corrected chi connectivity index (χ1v) is 5.81. The monoisotopic (exact) mass is 213 g/mol. The zero-order chi connectivity index (χ0) is 11.3. The molecule has 4 N–H and O–H groups in total. The standard InChI is InChI=1S/C11H23N3O/c1-3-4-11(5-6-11)8-13-7-9(2)10(12)14-15/h9,13,15H,3-8H2,1-2H3,(H2,12,14). The molecule has 0 aliphatic heterocycles. The molecule has 0 heterocycles. The highest BCUT2D eigenvalue weighted by atomic mass is 16.4. The summed E-state index contributed by atoms with van der Waals surface area (Å²) in [5.41, 5.74) is 6.07. The molecule has 1 saturated carbocycles. The van der Waals surface area contributed by atoms with Crippen LogP contribution in [0.4, 0.5) is 0 Å². The summed E-state index contributed by atoms with van der Waals surface area (Å²) in [4.78, 5) is 0. The summed E-state index contributed by atoms with van der Waals surface area (Å²) in [5, 5.41) is 14.9. The lowest BCUT2D eigenvalue weighted by Crippen LogP contribution is -2.34. The van der Waals surface area contributed by atoms with Crippen molar-refractivity contribution in [3.63, 3.8) is 0 Å². The maximum absolute atomic E-state index is 8.50. The molecule has 0 spiro atoms. The van der Waals surface area contributed by atoms with Crippen LogP contribution < -0.4 is 11.1 Å². The zero-order valence-electron chi connectivity index (χ0n) is 9.79. The minimum atomic E-state index is 0.104. The van der Waals surface area contributed by atoms with Crippen LogP contribution in [0.2, 0.25) is 0 Å². The van der Waals surface area contributed by atoms with E-state index in [1.54, 1.807) is 0 Å². The van der Waals surface area contributed by atoms with Crippen molar-refractivity contribution in [2.24, 2.45) is 22.2 Å². The van der Waals surface area contributed by atoms with Crippen molar-refractivity contribution in [1.82, 2.24) is 5.32 Å². The second-order valence-corrected chi connectivity index (χ2v) is 4.81. The average molecular weight is 213 g/mol. The van der Waals surface area contributed by atoms with Crippen LogP contribution in [0.3, 0.4) is 0 Å². The van der Waals surface area contributed by atoms with Crippen LogP contribution >= 0.6 is 0 Å². The van der Waals surface area contributed by atoms with E-state index >= 15 is 0 Å². The van der Waals surface area contributed by atoms with Gasteiger partial charge in [-0.2, -0.15) is 0 Å². The van der Waals surface area contributed by atoms with Crippen LogP contribution in [0, 0.1) is 11.3 Å². The van der Waals surface area contributed by atoms with Gasteiger partial charge in [-0.05, 0) is 24.7 Å². The van der Waals surface area contributed by atoms with E-state index in [9.17, 15) is 0 Å². The minimum absolute atomic E-state index is 0.104. The number of amidine groups is 1. The Morgan fingerprint density at radius 2 is 2.27 bits per heavy atom. The molecule has 0 aromatic carbocycles. The molecule has 0 aromatic rings. The molecular weight excluding hydrogens is 190 g/mol. The van der Waals surface area contributed by atoms with Crippen molar-refractivity contribution < 1.29 is 5.21 Å². The number of rotatable bonds is 7. The van der Waals surface area contributed by atoms with Gasteiger partial charge in [0.1, 0.15) is 5.84 Å². The Bertz CT molecular complexity index is 224. The molecule has 0 bridgehead atoms. The van der Waals surface area contributed by atoms with Gasteiger partial charge >= 0.3 is 0 Å². The van der Waals surface area contributed by atoms with E-state index < -0.39 is 0 Å². The predicted molar refractivity (Wildman–Crippen MR) is 62.0 cm³/mol. The maximum atomic E-state index is 8.50. The van der Waals surface area contributed by atoms with E-state index in [4.69, 9.17) is 10.9 Å². The smallest absolute Gasteiger partial charge is 0.143 e. The van der Waals surface area contributed by atoms with E-state index in [1.807, 2.05) is 6.92 Å². The van der Waals surface area contributed by atoms with Crippen LogP contribution in [0.1, 0.15) is 39.5 Å². The molecule has 0 amide bonds. The topological polar surface area (TPSA) is 70.6 Å². The second-order valence-electron chi connectivity index (χ2n) is 4.81. The third-order valence-electron chi connectivity index (χ3n) is 3.31. The Morgan fingerprint density at radius 3 is 2.73 bits per heavy atom. The fraction of sp³-hybridized carbons (Fsp3) is 0.909. The lowest BCUT2D eigenvalue weighted by molar-refractivity contribution is 0.313. The van der Waals surface area contributed by atoms with E-state index in [-0.39, 0.29) is 5.92 Å². The zero-order valence-corrected chi connectivity index (χ0v) is 9.79. The van der Waals surface area contributed by atoms with Crippen molar-refractivity contribution in [2.75, 3.05) is 13.1 Å². The van der Waals surface area contributed by atoms with Gasteiger partial charge in [0.2, 0.25) is 0 Å². The van der Waals surface area contributed by atoms with Crippen LogP contribution in [0.25, 0.3) is 0 Å². The summed E-state index contributed by atoms with van der Waals surface area (Å²) in [6, 6.07) is 0. The largest absolute Gasteiger partial charge is 0.409 e. The van der Waals surface area contributed by atoms with Crippen LogP contribution in [0.5, 0.6) is 0 Å². The van der Waals surface area contributed by atoms with Gasteiger partial charge in [-0.1, -0.05) is 25.4 Å². The summed E-state index contributed by atoms with van der Waals surface area (Å²) in [6.07, 6.45) is 5.28. The Balaban J connectivity index is 2.16. The lowest BCUT2D eigenvalue weighted by atomic mass is 10.0. The first kappa shape index (κ1) is 12.3. The van der Waals surface area contributed by atoms with Gasteiger partial charge in [-0.25, -0.2) is 0 Å². The molecule has 15 heavy (non-hydrogen) atoms. The van der Waals surface area contributed by atoms with Crippen molar-refractivity contribution in [1.29, 1.82) is 0 Å². The summed E-state index contributed by atoms with van der Waals surface area (Å²) < 4.78 is 0. The Hall–Kier alpha value is -0.770. The van der Waals surface area contributed by atoms with Crippen molar-refractivity contribution in [2.45, 2.75) is 39.5 Å². The normalized spacial score (nSPS) is 21.3. The quantitative estimate of drug-likeness (QED) is 0.260. The average Bonchev–Trinajstić information content (AvgIpc) is 2.97. The number of hydrogen-bond acceptors (Lipinski definition) is 3. The third kappa shape index (κ3) is 3.70. The number of hydrogen-bond donors (Lipinski definition) is 3. The molecule has 1 fully saturated rings. The molecule has 1 aliphatic carbocycles. The van der Waals surface area contributed by atoms with Crippen LogP contribution in [-0.2, 0) is 0 Å². The minimum Gasteiger partial charge on any atom is -0.409 e. The molecule has 1 unspecified atom stereocenters.